The summed E-state index contributed by atoms with van der Waals surface area (Å²) >= 11 is 0.823. The molecule has 1 N–H and O–H groups in total. The molecule has 0 unspecified atom stereocenters. The summed E-state index contributed by atoms with van der Waals surface area (Å²) in [4.78, 5) is 35.4. The Balaban J connectivity index is 2.03. The van der Waals surface area contributed by atoms with Crippen LogP contribution in [0.25, 0.3) is 6.08 Å². The fraction of sp³-hybridized carbons (Fsp3) is 0.133. The summed E-state index contributed by atoms with van der Waals surface area (Å²) in [5, 5.41) is 8.17. The van der Waals surface area contributed by atoms with E-state index in [1.165, 1.54) is 0 Å². The Bertz CT molecular complexity index is 622. The van der Waals surface area contributed by atoms with Crippen molar-refractivity contribution >= 4 is 35.0 Å². The van der Waals surface area contributed by atoms with Gasteiger partial charge in [0.1, 0.15) is 0 Å². The Morgan fingerprint density at radius 3 is 2.62 bits per heavy atom. The Morgan fingerprint density at radius 2 is 1.95 bits per heavy atom. The number of hydrogen-bond acceptors (Lipinski definition) is 4. The highest BCUT2D eigenvalue weighted by Crippen LogP contribution is 2.30. The summed E-state index contributed by atoms with van der Waals surface area (Å²) < 4.78 is 0. The van der Waals surface area contributed by atoms with Gasteiger partial charge < -0.3 is 5.11 Å². The van der Waals surface area contributed by atoms with Gasteiger partial charge in [-0.2, -0.15) is 0 Å². The number of rotatable bonds is 5. The molecule has 6 heteroatoms. The molecule has 0 aliphatic carbocycles. The summed E-state index contributed by atoms with van der Waals surface area (Å²) in [6, 6.07) is 9.55. The summed E-state index contributed by atoms with van der Waals surface area (Å²) in [7, 11) is 0. The molecule has 21 heavy (non-hydrogen) atoms. The number of carbonyl (C=O) groups is 3. The molecule has 0 atom stereocenters. The Kier molecular flexibility index (Phi) is 4.94. The van der Waals surface area contributed by atoms with Crippen LogP contribution in [0.15, 0.2) is 47.4 Å². The van der Waals surface area contributed by atoms with E-state index in [1.807, 2.05) is 36.4 Å². The van der Waals surface area contributed by atoms with Crippen molar-refractivity contribution in [1.82, 2.24) is 4.90 Å². The fourth-order valence-electron chi connectivity index (χ4n) is 1.73. The Morgan fingerprint density at radius 1 is 1.24 bits per heavy atom. The standard InChI is InChI=1S/C15H13NO4S/c17-13(18)9-10-16-14(19)12(21-15(16)20)8-4-7-11-5-2-1-3-6-11/h1-8H,9-10H2,(H,17,18)/b7-4+,12-8-. The van der Waals surface area contributed by atoms with Gasteiger partial charge in [0.25, 0.3) is 11.1 Å². The SMILES string of the molecule is O=C(O)CCN1C(=O)S/C(=C\C=C\c2ccccc2)C1=O. The molecule has 2 amide bonds. The molecule has 1 aliphatic rings. The average molecular weight is 303 g/mol. The topological polar surface area (TPSA) is 74.7 Å². The zero-order chi connectivity index (χ0) is 15.2. The molecule has 1 fully saturated rings. The smallest absolute Gasteiger partial charge is 0.305 e. The highest BCUT2D eigenvalue weighted by Gasteiger charge is 2.34. The number of benzene rings is 1. The maximum atomic E-state index is 12.0. The predicted molar refractivity (Wildman–Crippen MR) is 80.5 cm³/mol. The third-order valence-corrected chi connectivity index (χ3v) is 3.68. The third kappa shape index (κ3) is 4.06. The van der Waals surface area contributed by atoms with Gasteiger partial charge in [0.05, 0.1) is 11.3 Å². The maximum Gasteiger partial charge on any atom is 0.305 e. The molecule has 108 valence electrons. The molecule has 0 bridgehead atoms. The van der Waals surface area contributed by atoms with E-state index in [2.05, 4.69) is 0 Å². The first kappa shape index (κ1) is 15.1. The molecule has 0 radical (unpaired) electrons. The number of allylic oxidation sites excluding steroid dienone is 2. The van der Waals surface area contributed by atoms with E-state index < -0.39 is 17.1 Å². The van der Waals surface area contributed by atoms with Gasteiger partial charge in [0.15, 0.2) is 0 Å². The second-order valence-corrected chi connectivity index (χ2v) is 5.26. The monoisotopic (exact) mass is 303 g/mol. The zero-order valence-electron chi connectivity index (χ0n) is 11.1. The van der Waals surface area contributed by atoms with E-state index in [1.54, 1.807) is 12.2 Å². The van der Waals surface area contributed by atoms with Crippen LogP contribution in [0, 0.1) is 0 Å². The first-order valence-corrected chi connectivity index (χ1v) is 7.08. The van der Waals surface area contributed by atoms with Crippen LogP contribution < -0.4 is 0 Å². The lowest BCUT2D eigenvalue weighted by Crippen LogP contribution is -2.30. The number of carboxylic acids is 1. The van der Waals surface area contributed by atoms with E-state index in [4.69, 9.17) is 5.11 Å². The third-order valence-electron chi connectivity index (χ3n) is 2.76. The number of aliphatic carboxylic acids is 1. The molecule has 0 aromatic heterocycles. The van der Waals surface area contributed by atoms with Crippen molar-refractivity contribution in [1.29, 1.82) is 0 Å². The highest BCUT2D eigenvalue weighted by molar-refractivity contribution is 8.18. The van der Waals surface area contributed by atoms with Gasteiger partial charge in [-0.3, -0.25) is 19.3 Å². The van der Waals surface area contributed by atoms with Gasteiger partial charge in [-0.25, -0.2) is 0 Å². The van der Waals surface area contributed by atoms with Gasteiger partial charge in [-0.1, -0.05) is 42.5 Å². The molecule has 1 saturated heterocycles. The highest BCUT2D eigenvalue weighted by atomic mass is 32.2. The zero-order valence-corrected chi connectivity index (χ0v) is 11.9. The van der Waals surface area contributed by atoms with Crippen molar-refractivity contribution < 1.29 is 19.5 Å². The van der Waals surface area contributed by atoms with E-state index in [0.29, 0.717) is 4.91 Å². The lowest BCUT2D eigenvalue weighted by molar-refractivity contribution is -0.137. The first-order valence-electron chi connectivity index (χ1n) is 6.27. The van der Waals surface area contributed by atoms with Crippen LogP contribution in [0.5, 0.6) is 0 Å². The molecule has 0 saturated carbocycles. The van der Waals surface area contributed by atoms with Crippen LogP contribution in [-0.2, 0) is 9.59 Å². The molecule has 1 aliphatic heterocycles. The number of thioether (sulfide) groups is 1. The van der Waals surface area contributed by atoms with Crippen LogP contribution in [0.2, 0.25) is 0 Å². The second-order valence-electron chi connectivity index (χ2n) is 4.27. The van der Waals surface area contributed by atoms with Crippen molar-refractivity contribution in [2.24, 2.45) is 0 Å². The number of imide groups is 1. The second kappa shape index (κ2) is 6.90. The van der Waals surface area contributed by atoms with Gasteiger partial charge in [-0.15, -0.1) is 0 Å². The Hall–Kier alpha value is -2.34. The van der Waals surface area contributed by atoms with Crippen LogP contribution >= 0.6 is 11.8 Å². The van der Waals surface area contributed by atoms with Gasteiger partial charge in [0, 0.05) is 6.54 Å². The molecular formula is C15H13NO4S. The quantitative estimate of drug-likeness (QED) is 0.847. The van der Waals surface area contributed by atoms with Crippen molar-refractivity contribution in [3.05, 3.63) is 53.0 Å². The molecule has 1 aromatic rings. The van der Waals surface area contributed by atoms with E-state index in [9.17, 15) is 14.4 Å². The normalized spacial score (nSPS) is 17.1. The summed E-state index contributed by atoms with van der Waals surface area (Å²) in [5.74, 6) is -1.48. The summed E-state index contributed by atoms with van der Waals surface area (Å²) in [6.07, 6.45) is 4.85. The number of carbonyl (C=O) groups excluding carboxylic acids is 2. The minimum absolute atomic E-state index is 0.0975. The minimum Gasteiger partial charge on any atom is -0.481 e. The van der Waals surface area contributed by atoms with Crippen molar-refractivity contribution in [3.8, 4) is 0 Å². The number of nitrogens with zero attached hydrogens (tertiary/aromatic N) is 1. The summed E-state index contributed by atoms with van der Waals surface area (Å²) in [6.45, 7) is -0.0975. The van der Waals surface area contributed by atoms with Gasteiger partial charge in [-0.05, 0) is 23.4 Å². The van der Waals surface area contributed by atoms with Crippen molar-refractivity contribution in [2.45, 2.75) is 6.42 Å². The predicted octanol–water partition coefficient (Wildman–Crippen LogP) is 2.75. The van der Waals surface area contributed by atoms with Gasteiger partial charge in [0.2, 0.25) is 0 Å². The molecular weight excluding hydrogens is 290 g/mol. The minimum atomic E-state index is -1.04. The number of amides is 2. The van der Waals surface area contributed by atoms with E-state index >= 15 is 0 Å². The average Bonchev–Trinajstić information content (AvgIpc) is 2.72. The number of hydrogen-bond donors (Lipinski definition) is 1. The van der Waals surface area contributed by atoms with Crippen LogP contribution in [0.3, 0.4) is 0 Å². The maximum absolute atomic E-state index is 12.0. The van der Waals surface area contributed by atoms with Crippen molar-refractivity contribution in [3.63, 3.8) is 0 Å². The molecule has 0 spiro atoms. The lowest BCUT2D eigenvalue weighted by atomic mass is 10.2. The van der Waals surface area contributed by atoms with Crippen molar-refractivity contribution in [2.75, 3.05) is 6.54 Å². The first-order chi connectivity index (χ1) is 10.1. The molecule has 5 nitrogen and oxygen atoms in total. The summed E-state index contributed by atoms with van der Waals surface area (Å²) in [5.41, 5.74) is 0.985. The van der Waals surface area contributed by atoms with E-state index in [-0.39, 0.29) is 13.0 Å². The molecule has 2 rings (SSSR count). The lowest BCUT2D eigenvalue weighted by Gasteiger charge is -2.09. The Labute approximate surface area is 125 Å². The fourth-order valence-corrected chi connectivity index (χ4v) is 2.54. The van der Waals surface area contributed by atoms with Crippen LogP contribution in [0.4, 0.5) is 4.79 Å². The van der Waals surface area contributed by atoms with E-state index in [0.717, 1.165) is 22.2 Å². The van der Waals surface area contributed by atoms with Gasteiger partial charge >= 0.3 is 5.97 Å². The van der Waals surface area contributed by atoms with Crippen LogP contribution in [-0.4, -0.2) is 33.7 Å². The molecule has 1 aromatic carbocycles. The molecule has 1 heterocycles. The largest absolute Gasteiger partial charge is 0.481 e. The number of carboxylic acid groups (broad SMARTS) is 1. The van der Waals surface area contributed by atoms with Crippen LogP contribution in [0.1, 0.15) is 12.0 Å².